The molecule has 3 nitrogen and oxygen atoms in total. The highest BCUT2D eigenvalue weighted by Crippen LogP contribution is 2.25. The van der Waals surface area contributed by atoms with E-state index in [9.17, 15) is 8.78 Å². The van der Waals surface area contributed by atoms with Crippen molar-refractivity contribution in [3.63, 3.8) is 0 Å². The van der Waals surface area contributed by atoms with Crippen LogP contribution in [0.1, 0.15) is 16.8 Å². The molecule has 0 fully saturated rings. The molecule has 0 radical (unpaired) electrons. The van der Waals surface area contributed by atoms with E-state index in [0.29, 0.717) is 11.1 Å². The summed E-state index contributed by atoms with van der Waals surface area (Å²) in [6.07, 6.45) is 1.46. The first-order valence-corrected chi connectivity index (χ1v) is 6.20. The van der Waals surface area contributed by atoms with E-state index in [1.54, 1.807) is 12.1 Å². The van der Waals surface area contributed by atoms with Crippen LogP contribution < -0.4 is 4.74 Å². The average molecular weight is 295 g/mol. The molecule has 0 atom stereocenters. The summed E-state index contributed by atoms with van der Waals surface area (Å²) in [4.78, 5) is 3.84. The molecule has 1 aromatic carbocycles. The number of alkyl halides is 1. The van der Waals surface area contributed by atoms with Gasteiger partial charge < -0.3 is 4.74 Å². The van der Waals surface area contributed by atoms with Crippen molar-refractivity contribution in [2.24, 2.45) is 0 Å². The normalized spacial score (nSPS) is 10.1. The maximum Gasteiger partial charge on any atom is 0.191 e. The number of aromatic nitrogens is 1. The third-order valence-electron chi connectivity index (χ3n) is 2.58. The van der Waals surface area contributed by atoms with E-state index in [1.165, 1.54) is 6.20 Å². The first-order valence-electron chi connectivity index (χ1n) is 5.66. The molecule has 1 heterocycles. The fourth-order valence-corrected chi connectivity index (χ4v) is 1.79. The van der Waals surface area contributed by atoms with Gasteiger partial charge in [-0.05, 0) is 23.8 Å². The standard InChI is InChI=1S/C14H9ClF2N2O/c15-6-9-4-11(16)14(12(17)5-9)20-8-10-2-1-3-19-13(10)7-18/h1-5H,6,8H2. The van der Waals surface area contributed by atoms with Crippen LogP contribution in [-0.4, -0.2) is 4.98 Å². The minimum atomic E-state index is -0.831. The van der Waals surface area contributed by atoms with Gasteiger partial charge in [0.2, 0.25) is 0 Å². The van der Waals surface area contributed by atoms with Gasteiger partial charge in [0.15, 0.2) is 17.4 Å². The third kappa shape index (κ3) is 3.03. The Morgan fingerprint density at radius 1 is 1.30 bits per heavy atom. The molecular weight excluding hydrogens is 286 g/mol. The molecule has 0 amide bonds. The molecule has 0 saturated carbocycles. The summed E-state index contributed by atoms with van der Waals surface area (Å²) in [6, 6.07) is 7.32. The SMILES string of the molecule is N#Cc1ncccc1COc1c(F)cc(CCl)cc1F. The van der Waals surface area contributed by atoms with Gasteiger partial charge in [-0.2, -0.15) is 5.26 Å². The van der Waals surface area contributed by atoms with Crippen LogP contribution in [0.3, 0.4) is 0 Å². The highest BCUT2D eigenvalue weighted by molar-refractivity contribution is 6.17. The van der Waals surface area contributed by atoms with E-state index < -0.39 is 17.4 Å². The summed E-state index contributed by atoms with van der Waals surface area (Å²) in [5, 5.41) is 8.86. The molecule has 20 heavy (non-hydrogen) atoms. The lowest BCUT2D eigenvalue weighted by Crippen LogP contribution is -2.03. The Morgan fingerprint density at radius 2 is 2.00 bits per heavy atom. The van der Waals surface area contributed by atoms with Crippen LogP contribution in [-0.2, 0) is 12.5 Å². The Hall–Kier alpha value is -2.19. The molecule has 0 bridgehead atoms. The Labute approximate surface area is 119 Å². The summed E-state index contributed by atoms with van der Waals surface area (Å²) in [6.45, 7) is -0.148. The second kappa shape index (κ2) is 6.31. The number of hydrogen-bond acceptors (Lipinski definition) is 3. The lowest BCUT2D eigenvalue weighted by molar-refractivity contribution is 0.273. The molecule has 0 spiro atoms. The zero-order valence-electron chi connectivity index (χ0n) is 10.2. The maximum atomic E-state index is 13.7. The average Bonchev–Trinajstić information content (AvgIpc) is 2.46. The second-order valence-corrected chi connectivity index (χ2v) is 4.20. The molecule has 2 aromatic rings. The van der Waals surface area contributed by atoms with Gasteiger partial charge in [0.25, 0.3) is 0 Å². The molecule has 0 aliphatic heterocycles. The van der Waals surface area contributed by atoms with Crippen molar-refractivity contribution in [2.45, 2.75) is 12.5 Å². The minimum Gasteiger partial charge on any atom is -0.483 e. The predicted octanol–water partition coefficient (Wildman–Crippen LogP) is 3.55. The topological polar surface area (TPSA) is 45.9 Å². The Bertz CT molecular complexity index is 647. The number of nitrogens with zero attached hydrogens (tertiary/aromatic N) is 2. The summed E-state index contributed by atoms with van der Waals surface area (Å²) in [7, 11) is 0. The van der Waals surface area contributed by atoms with Crippen molar-refractivity contribution >= 4 is 11.6 Å². The fourth-order valence-electron chi connectivity index (χ4n) is 1.63. The largest absolute Gasteiger partial charge is 0.483 e. The van der Waals surface area contributed by atoms with E-state index in [-0.39, 0.29) is 18.2 Å². The van der Waals surface area contributed by atoms with E-state index in [0.717, 1.165) is 12.1 Å². The van der Waals surface area contributed by atoms with E-state index in [1.807, 2.05) is 6.07 Å². The van der Waals surface area contributed by atoms with Crippen LogP contribution in [0.4, 0.5) is 8.78 Å². The smallest absolute Gasteiger partial charge is 0.191 e. The number of halogens is 3. The predicted molar refractivity (Wildman–Crippen MR) is 69.2 cm³/mol. The first kappa shape index (κ1) is 14.2. The number of hydrogen-bond donors (Lipinski definition) is 0. The van der Waals surface area contributed by atoms with Crippen LogP contribution >= 0.6 is 11.6 Å². The van der Waals surface area contributed by atoms with Gasteiger partial charge in [0.05, 0.1) is 0 Å². The van der Waals surface area contributed by atoms with Gasteiger partial charge in [0.1, 0.15) is 18.4 Å². The molecular formula is C14H9ClF2N2O. The van der Waals surface area contributed by atoms with Gasteiger partial charge in [-0.25, -0.2) is 13.8 Å². The van der Waals surface area contributed by atoms with Gasteiger partial charge >= 0.3 is 0 Å². The molecule has 102 valence electrons. The summed E-state index contributed by atoms with van der Waals surface area (Å²) >= 11 is 5.52. The van der Waals surface area contributed by atoms with E-state index in [4.69, 9.17) is 21.6 Å². The van der Waals surface area contributed by atoms with Crippen molar-refractivity contribution in [1.82, 2.24) is 4.98 Å². The van der Waals surface area contributed by atoms with Gasteiger partial charge in [0, 0.05) is 17.6 Å². The van der Waals surface area contributed by atoms with E-state index in [2.05, 4.69) is 4.98 Å². The van der Waals surface area contributed by atoms with Crippen LogP contribution in [0.2, 0.25) is 0 Å². The molecule has 1 aromatic heterocycles. The Kier molecular flexibility index (Phi) is 4.49. The number of benzene rings is 1. The third-order valence-corrected chi connectivity index (χ3v) is 2.89. The van der Waals surface area contributed by atoms with Gasteiger partial charge in [-0.15, -0.1) is 11.6 Å². The number of nitriles is 1. The fraction of sp³-hybridized carbons (Fsp3) is 0.143. The van der Waals surface area contributed by atoms with Crippen molar-refractivity contribution < 1.29 is 13.5 Å². The minimum absolute atomic E-state index is 0.00923. The quantitative estimate of drug-likeness (QED) is 0.810. The molecule has 0 aliphatic rings. The van der Waals surface area contributed by atoms with Crippen LogP contribution in [0, 0.1) is 23.0 Å². The molecule has 0 saturated heterocycles. The Balaban J connectivity index is 2.22. The van der Waals surface area contributed by atoms with Crippen molar-refractivity contribution in [1.29, 1.82) is 5.26 Å². The number of pyridine rings is 1. The van der Waals surface area contributed by atoms with Crippen LogP contribution in [0.15, 0.2) is 30.5 Å². The van der Waals surface area contributed by atoms with Crippen molar-refractivity contribution in [3.8, 4) is 11.8 Å². The van der Waals surface area contributed by atoms with Crippen LogP contribution in [0.5, 0.6) is 5.75 Å². The van der Waals surface area contributed by atoms with Crippen molar-refractivity contribution in [2.75, 3.05) is 0 Å². The number of rotatable bonds is 4. The molecule has 6 heteroatoms. The summed E-state index contributed by atoms with van der Waals surface area (Å²) < 4.78 is 32.5. The zero-order valence-corrected chi connectivity index (χ0v) is 11.0. The zero-order chi connectivity index (χ0) is 14.5. The monoisotopic (exact) mass is 294 g/mol. The lowest BCUT2D eigenvalue weighted by Gasteiger charge is -2.10. The Morgan fingerprint density at radius 3 is 2.60 bits per heavy atom. The molecule has 0 unspecified atom stereocenters. The first-order chi connectivity index (χ1) is 9.65. The van der Waals surface area contributed by atoms with Gasteiger partial charge in [-0.3, -0.25) is 0 Å². The highest BCUT2D eigenvalue weighted by atomic mass is 35.5. The maximum absolute atomic E-state index is 13.7. The summed E-state index contributed by atoms with van der Waals surface area (Å²) in [5.74, 6) is -2.15. The molecule has 0 N–H and O–H groups in total. The molecule has 0 aliphatic carbocycles. The van der Waals surface area contributed by atoms with Crippen molar-refractivity contribution in [3.05, 3.63) is 58.9 Å². The molecule has 2 rings (SSSR count). The van der Waals surface area contributed by atoms with Crippen LogP contribution in [0.25, 0.3) is 0 Å². The second-order valence-electron chi connectivity index (χ2n) is 3.93. The van der Waals surface area contributed by atoms with Gasteiger partial charge in [-0.1, -0.05) is 6.07 Å². The van der Waals surface area contributed by atoms with E-state index >= 15 is 0 Å². The lowest BCUT2D eigenvalue weighted by atomic mass is 10.2. The summed E-state index contributed by atoms with van der Waals surface area (Å²) in [5.41, 5.74) is 0.939. The number of ether oxygens (including phenoxy) is 1. The highest BCUT2D eigenvalue weighted by Gasteiger charge is 2.13.